The molecule has 0 radical (unpaired) electrons. The fourth-order valence-corrected chi connectivity index (χ4v) is 3.44. The highest BCUT2D eigenvalue weighted by molar-refractivity contribution is 7.99. The van der Waals surface area contributed by atoms with Crippen LogP contribution in [0.2, 0.25) is 0 Å². The molecule has 0 aliphatic rings. The summed E-state index contributed by atoms with van der Waals surface area (Å²) in [6.07, 6.45) is 0.943. The largest absolute Gasteiger partial charge is 0.370 e. The number of carbonyl (C=O) groups excluding carboxylic acids is 2. The van der Waals surface area contributed by atoms with Crippen LogP contribution in [0.5, 0.6) is 0 Å². The minimum atomic E-state index is -0.373. The summed E-state index contributed by atoms with van der Waals surface area (Å²) in [5.41, 5.74) is 6.17. The number of nitrogens with one attached hydrogen (secondary N) is 1. The third-order valence-corrected chi connectivity index (χ3v) is 4.79. The molecule has 2 rings (SSSR count). The molecule has 28 heavy (non-hydrogen) atoms. The van der Waals surface area contributed by atoms with E-state index >= 15 is 0 Å². The number of thioether (sulfide) groups is 1. The van der Waals surface area contributed by atoms with Gasteiger partial charge in [-0.2, -0.15) is 5.26 Å². The molecule has 0 aliphatic carbocycles. The number of hydrogen-bond acceptors (Lipinski definition) is 6. The molecule has 0 saturated heterocycles. The zero-order valence-corrected chi connectivity index (χ0v) is 16.8. The van der Waals surface area contributed by atoms with Gasteiger partial charge >= 0.3 is 0 Å². The number of aryl methyl sites for hydroxylation is 1. The van der Waals surface area contributed by atoms with Gasteiger partial charge in [0, 0.05) is 31.6 Å². The molecule has 0 bridgehead atoms. The molecule has 1 heterocycles. The highest BCUT2D eigenvalue weighted by Crippen LogP contribution is 2.21. The molecule has 0 unspecified atom stereocenters. The monoisotopic (exact) mass is 400 g/mol. The lowest BCUT2D eigenvalue weighted by Gasteiger charge is -2.12. The number of primary amides is 1. The maximum Gasteiger partial charge on any atom is 0.225 e. The summed E-state index contributed by atoms with van der Waals surface area (Å²) in [4.78, 5) is 23.2. The molecule has 2 aromatic rings. The van der Waals surface area contributed by atoms with Crippen LogP contribution in [0.15, 0.2) is 29.4 Å². The van der Waals surface area contributed by atoms with Gasteiger partial charge in [-0.15, -0.1) is 10.2 Å². The van der Waals surface area contributed by atoms with Crippen LogP contribution >= 0.6 is 11.8 Å². The number of carbonyl (C=O) groups is 2. The van der Waals surface area contributed by atoms with E-state index in [2.05, 4.69) is 35.4 Å². The minimum absolute atomic E-state index is 0.168. The van der Waals surface area contributed by atoms with E-state index in [1.54, 1.807) is 24.3 Å². The van der Waals surface area contributed by atoms with Crippen molar-refractivity contribution < 1.29 is 9.59 Å². The predicted molar refractivity (Wildman–Crippen MR) is 108 cm³/mol. The molecule has 2 amide bonds. The van der Waals surface area contributed by atoms with E-state index in [1.165, 1.54) is 11.8 Å². The number of nitrogens with zero attached hydrogens (tertiary/aromatic N) is 4. The standard InChI is InChI=1S/C19H24N6O2S/c1-13(2)12-25-17(8-7-16(21)26)23-24-19(25)28-10-9-18(27)22-15-6-4-3-5-14(15)11-20/h3-6,13H,7-10,12H2,1-2H3,(H2,21,26)(H,22,27). The fourth-order valence-electron chi connectivity index (χ4n) is 2.53. The van der Waals surface area contributed by atoms with Crippen molar-refractivity contribution in [3.05, 3.63) is 35.7 Å². The smallest absolute Gasteiger partial charge is 0.225 e. The van der Waals surface area contributed by atoms with Gasteiger partial charge in [0.2, 0.25) is 11.8 Å². The van der Waals surface area contributed by atoms with E-state index in [1.807, 2.05) is 4.57 Å². The lowest BCUT2D eigenvalue weighted by atomic mass is 10.2. The molecule has 1 aromatic heterocycles. The number of nitrogens with two attached hydrogens (primary N) is 1. The number of aromatic nitrogens is 3. The Morgan fingerprint density at radius 3 is 2.71 bits per heavy atom. The average Bonchev–Trinajstić information content (AvgIpc) is 3.01. The van der Waals surface area contributed by atoms with E-state index in [4.69, 9.17) is 11.0 Å². The van der Waals surface area contributed by atoms with Crippen LogP contribution in [0.3, 0.4) is 0 Å². The Kier molecular flexibility index (Phi) is 8.02. The van der Waals surface area contributed by atoms with Crippen LogP contribution in [0.1, 0.15) is 38.1 Å². The topological polar surface area (TPSA) is 127 Å². The van der Waals surface area contributed by atoms with Crippen molar-refractivity contribution in [3.8, 4) is 6.07 Å². The van der Waals surface area contributed by atoms with Crippen molar-refractivity contribution in [2.45, 2.75) is 44.8 Å². The SMILES string of the molecule is CC(C)Cn1c(CCC(N)=O)nnc1SCCC(=O)Nc1ccccc1C#N. The molecule has 9 heteroatoms. The Hall–Kier alpha value is -2.86. The van der Waals surface area contributed by atoms with E-state index in [0.29, 0.717) is 29.3 Å². The van der Waals surface area contributed by atoms with Crippen molar-refractivity contribution in [1.82, 2.24) is 14.8 Å². The van der Waals surface area contributed by atoms with E-state index in [0.717, 1.165) is 17.5 Å². The predicted octanol–water partition coefficient (Wildman–Crippen LogP) is 2.34. The van der Waals surface area contributed by atoms with Crippen molar-refractivity contribution in [1.29, 1.82) is 5.26 Å². The average molecular weight is 401 g/mol. The van der Waals surface area contributed by atoms with Crippen molar-refractivity contribution in [2.75, 3.05) is 11.1 Å². The molecule has 0 aliphatic heterocycles. The lowest BCUT2D eigenvalue weighted by molar-refractivity contribution is -0.118. The van der Waals surface area contributed by atoms with Crippen LogP contribution in [0.4, 0.5) is 5.69 Å². The van der Waals surface area contributed by atoms with Gasteiger partial charge < -0.3 is 15.6 Å². The summed E-state index contributed by atoms with van der Waals surface area (Å²) in [7, 11) is 0. The van der Waals surface area contributed by atoms with Gasteiger partial charge in [-0.1, -0.05) is 37.7 Å². The maximum absolute atomic E-state index is 12.2. The first-order valence-electron chi connectivity index (χ1n) is 9.02. The second kappa shape index (κ2) is 10.5. The van der Waals surface area contributed by atoms with Gasteiger partial charge in [-0.3, -0.25) is 9.59 Å². The number of benzene rings is 1. The Balaban J connectivity index is 1.95. The molecular weight excluding hydrogens is 376 g/mol. The summed E-state index contributed by atoms with van der Waals surface area (Å²) in [5, 5.41) is 21.0. The summed E-state index contributed by atoms with van der Waals surface area (Å²) in [5.74, 6) is 1.09. The van der Waals surface area contributed by atoms with Gasteiger partial charge in [0.25, 0.3) is 0 Å². The molecule has 0 atom stereocenters. The first-order valence-corrected chi connectivity index (χ1v) is 10.0. The normalized spacial score (nSPS) is 10.6. The third kappa shape index (κ3) is 6.39. The van der Waals surface area contributed by atoms with Gasteiger partial charge in [0.1, 0.15) is 11.9 Å². The third-order valence-electron chi connectivity index (χ3n) is 3.82. The second-order valence-electron chi connectivity index (χ2n) is 6.67. The summed E-state index contributed by atoms with van der Waals surface area (Å²) in [6.45, 7) is 4.91. The Labute approximate surface area is 168 Å². The summed E-state index contributed by atoms with van der Waals surface area (Å²) < 4.78 is 1.99. The van der Waals surface area contributed by atoms with Gasteiger partial charge in [0.15, 0.2) is 5.16 Å². The van der Waals surface area contributed by atoms with Crippen LogP contribution < -0.4 is 11.1 Å². The van der Waals surface area contributed by atoms with Crippen LogP contribution in [-0.2, 0) is 22.6 Å². The maximum atomic E-state index is 12.2. The van der Waals surface area contributed by atoms with Gasteiger partial charge in [-0.25, -0.2) is 0 Å². The van der Waals surface area contributed by atoms with Crippen LogP contribution in [0, 0.1) is 17.2 Å². The van der Waals surface area contributed by atoms with E-state index in [9.17, 15) is 9.59 Å². The Morgan fingerprint density at radius 2 is 2.04 bits per heavy atom. The fraction of sp³-hybridized carbons (Fsp3) is 0.421. The van der Waals surface area contributed by atoms with Gasteiger partial charge in [0.05, 0.1) is 11.3 Å². The molecule has 3 N–H and O–H groups in total. The highest BCUT2D eigenvalue weighted by atomic mass is 32.2. The summed E-state index contributed by atoms with van der Waals surface area (Å²) >= 11 is 1.44. The minimum Gasteiger partial charge on any atom is -0.370 e. The number of rotatable bonds is 10. The Bertz CT molecular complexity index is 872. The van der Waals surface area contributed by atoms with Crippen molar-refractivity contribution in [2.24, 2.45) is 11.7 Å². The summed E-state index contributed by atoms with van der Waals surface area (Å²) in [6, 6.07) is 8.94. The molecule has 0 spiro atoms. The zero-order valence-electron chi connectivity index (χ0n) is 16.0. The van der Waals surface area contributed by atoms with Gasteiger partial charge in [-0.05, 0) is 18.1 Å². The van der Waals surface area contributed by atoms with Crippen molar-refractivity contribution in [3.63, 3.8) is 0 Å². The number of hydrogen-bond donors (Lipinski definition) is 2. The molecule has 0 saturated carbocycles. The number of para-hydroxylation sites is 1. The van der Waals surface area contributed by atoms with E-state index < -0.39 is 0 Å². The highest BCUT2D eigenvalue weighted by Gasteiger charge is 2.15. The van der Waals surface area contributed by atoms with Crippen LogP contribution in [0.25, 0.3) is 0 Å². The quantitative estimate of drug-likeness (QED) is 0.589. The lowest BCUT2D eigenvalue weighted by Crippen LogP contribution is -2.15. The number of nitriles is 1. The van der Waals surface area contributed by atoms with E-state index in [-0.39, 0.29) is 24.7 Å². The Morgan fingerprint density at radius 1 is 1.29 bits per heavy atom. The number of anilines is 1. The number of amides is 2. The molecular formula is C19H24N6O2S. The zero-order chi connectivity index (χ0) is 20.5. The first-order chi connectivity index (χ1) is 13.4. The molecule has 8 nitrogen and oxygen atoms in total. The second-order valence-corrected chi connectivity index (χ2v) is 7.74. The van der Waals surface area contributed by atoms with Crippen LogP contribution in [-0.4, -0.2) is 32.3 Å². The molecule has 0 fully saturated rings. The first kappa shape index (κ1) is 21.4. The molecule has 148 valence electrons. The molecule has 1 aromatic carbocycles. The van der Waals surface area contributed by atoms with Crippen molar-refractivity contribution >= 4 is 29.3 Å².